The van der Waals surface area contributed by atoms with Crippen LogP contribution in [-0.4, -0.2) is 35.4 Å². The topological polar surface area (TPSA) is 69.6 Å². The molecule has 0 aliphatic carbocycles. The Morgan fingerprint density at radius 3 is 2.46 bits per heavy atom. The summed E-state index contributed by atoms with van der Waals surface area (Å²) >= 11 is 0. The van der Waals surface area contributed by atoms with Gasteiger partial charge in [-0.2, -0.15) is 0 Å². The summed E-state index contributed by atoms with van der Waals surface area (Å²) in [5.74, 6) is -0.809. The average molecular weight is 189 g/mol. The largest absolute Gasteiger partial charge is 0.481 e. The SMILES string of the molecule is CC(CCO)NCC(C)(C)C(=O)O. The van der Waals surface area contributed by atoms with Crippen molar-refractivity contribution in [3.05, 3.63) is 0 Å². The molecule has 0 heterocycles. The minimum atomic E-state index is -0.809. The first-order valence-corrected chi connectivity index (χ1v) is 4.48. The van der Waals surface area contributed by atoms with Crippen molar-refractivity contribution < 1.29 is 15.0 Å². The first-order chi connectivity index (χ1) is 5.90. The molecule has 0 rings (SSSR count). The third-order valence-corrected chi connectivity index (χ3v) is 2.03. The third kappa shape index (κ3) is 4.85. The fourth-order valence-electron chi connectivity index (χ4n) is 0.801. The standard InChI is InChI=1S/C9H19NO3/c1-7(4-5-11)10-6-9(2,3)8(12)13/h7,10-11H,4-6H2,1-3H3,(H,12,13). The first-order valence-electron chi connectivity index (χ1n) is 4.48. The van der Waals surface area contributed by atoms with Crippen LogP contribution in [0.3, 0.4) is 0 Å². The van der Waals surface area contributed by atoms with E-state index in [1.807, 2.05) is 6.92 Å². The van der Waals surface area contributed by atoms with Crippen molar-refractivity contribution in [3.63, 3.8) is 0 Å². The highest BCUT2D eigenvalue weighted by atomic mass is 16.4. The number of aliphatic carboxylic acids is 1. The first kappa shape index (κ1) is 12.4. The maximum atomic E-state index is 10.7. The van der Waals surface area contributed by atoms with E-state index in [0.29, 0.717) is 13.0 Å². The van der Waals surface area contributed by atoms with E-state index in [9.17, 15) is 4.79 Å². The molecule has 0 aromatic rings. The van der Waals surface area contributed by atoms with Crippen molar-refractivity contribution in [1.82, 2.24) is 5.32 Å². The summed E-state index contributed by atoms with van der Waals surface area (Å²) in [5.41, 5.74) is -0.746. The van der Waals surface area contributed by atoms with Gasteiger partial charge in [0, 0.05) is 19.2 Å². The van der Waals surface area contributed by atoms with E-state index in [-0.39, 0.29) is 12.6 Å². The lowest BCUT2D eigenvalue weighted by Crippen LogP contribution is -2.40. The predicted octanol–water partition coefficient (Wildman–Crippen LogP) is 0.458. The number of carboxylic acids is 1. The summed E-state index contributed by atoms with van der Waals surface area (Å²) < 4.78 is 0. The lowest BCUT2D eigenvalue weighted by atomic mass is 9.93. The quantitative estimate of drug-likeness (QED) is 0.567. The minimum Gasteiger partial charge on any atom is -0.481 e. The van der Waals surface area contributed by atoms with Crippen molar-refractivity contribution >= 4 is 5.97 Å². The van der Waals surface area contributed by atoms with E-state index in [1.165, 1.54) is 0 Å². The van der Waals surface area contributed by atoms with Crippen molar-refractivity contribution in [1.29, 1.82) is 0 Å². The molecular formula is C9H19NO3. The van der Waals surface area contributed by atoms with Gasteiger partial charge in [-0.25, -0.2) is 0 Å². The second-order valence-electron chi connectivity index (χ2n) is 3.98. The average Bonchev–Trinajstić information content (AvgIpc) is 2.01. The Balaban J connectivity index is 3.80. The molecule has 0 fully saturated rings. The Labute approximate surface area is 79.0 Å². The Morgan fingerprint density at radius 1 is 1.54 bits per heavy atom. The van der Waals surface area contributed by atoms with E-state index in [4.69, 9.17) is 10.2 Å². The zero-order valence-electron chi connectivity index (χ0n) is 8.50. The van der Waals surface area contributed by atoms with Crippen LogP contribution in [0, 0.1) is 5.41 Å². The van der Waals surface area contributed by atoms with Crippen LogP contribution in [-0.2, 0) is 4.79 Å². The second-order valence-corrected chi connectivity index (χ2v) is 3.98. The van der Waals surface area contributed by atoms with Crippen molar-refractivity contribution in [2.45, 2.75) is 33.2 Å². The van der Waals surface area contributed by atoms with E-state index < -0.39 is 11.4 Å². The smallest absolute Gasteiger partial charge is 0.310 e. The molecular weight excluding hydrogens is 170 g/mol. The number of aliphatic hydroxyl groups is 1. The van der Waals surface area contributed by atoms with E-state index in [0.717, 1.165) is 0 Å². The number of carboxylic acid groups (broad SMARTS) is 1. The molecule has 1 unspecified atom stereocenters. The molecule has 0 aliphatic rings. The maximum absolute atomic E-state index is 10.7. The monoisotopic (exact) mass is 189 g/mol. The molecule has 0 amide bonds. The molecule has 13 heavy (non-hydrogen) atoms. The van der Waals surface area contributed by atoms with Gasteiger partial charge in [-0.05, 0) is 27.2 Å². The number of hydrogen-bond acceptors (Lipinski definition) is 3. The molecule has 0 radical (unpaired) electrons. The van der Waals surface area contributed by atoms with Crippen LogP contribution >= 0.6 is 0 Å². The molecule has 1 atom stereocenters. The highest BCUT2D eigenvalue weighted by Gasteiger charge is 2.26. The number of rotatable bonds is 6. The zero-order valence-corrected chi connectivity index (χ0v) is 8.50. The van der Waals surface area contributed by atoms with Gasteiger partial charge in [-0.15, -0.1) is 0 Å². The molecule has 78 valence electrons. The Kier molecular flexibility index (Phi) is 4.95. The van der Waals surface area contributed by atoms with E-state index in [2.05, 4.69) is 5.32 Å². The molecule has 4 heteroatoms. The normalized spacial score (nSPS) is 14.2. The number of hydrogen-bond donors (Lipinski definition) is 3. The van der Waals surface area contributed by atoms with E-state index >= 15 is 0 Å². The molecule has 0 aliphatic heterocycles. The number of nitrogens with one attached hydrogen (secondary N) is 1. The van der Waals surface area contributed by atoms with Crippen LogP contribution in [0.4, 0.5) is 0 Å². The predicted molar refractivity (Wildman–Crippen MR) is 50.6 cm³/mol. The molecule has 0 aromatic heterocycles. The highest BCUT2D eigenvalue weighted by Crippen LogP contribution is 2.13. The fourth-order valence-corrected chi connectivity index (χ4v) is 0.801. The van der Waals surface area contributed by atoms with Gasteiger partial charge in [0.05, 0.1) is 5.41 Å². The Hall–Kier alpha value is -0.610. The Morgan fingerprint density at radius 2 is 2.08 bits per heavy atom. The molecule has 0 bridgehead atoms. The summed E-state index contributed by atoms with van der Waals surface area (Å²) in [6.45, 7) is 5.82. The molecule has 0 spiro atoms. The van der Waals surface area contributed by atoms with Crippen LogP contribution < -0.4 is 5.32 Å². The lowest BCUT2D eigenvalue weighted by molar-refractivity contribution is -0.146. The van der Waals surface area contributed by atoms with Crippen LogP contribution in [0.1, 0.15) is 27.2 Å². The summed E-state index contributed by atoms with van der Waals surface area (Å²) in [4.78, 5) is 10.7. The van der Waals surface area contributed by atoms with Crippen LogP contribution in [0.15, 0.2) is 0 Å². The fraction of sp³-hybridized carbons (Fsp3) is 0.889. The van der Waals surface area contributed by atoms with E-state index in [1.54, 1.807) is 13.8 Å². The van der Waals surface area contributed by atoms with Crippen molar-refractivity contribution in [2.24, 2.45) is 5.41 Å². The zero-order chi connectivity index (χ0) is 10.5. The van der Waals surface area contributed by atoms with Crippen molar-refractivity contribution in [3.8, 4) is 0 Å². The van der Waals surface area contributed by atoms with Gasteiger partial charge in [-0.1, -0.05) is 0 Å². The highest BCUT2D eigenvalue weighted by molar-refractivity contribution is 5.73. The van der Waals surface area contributed by atoms with Crippen molar-refractivity contribution in [2.75, 3.05) is 13.2 Å². The van der Waals surface area contributed by atoms with Crippen LogP contribution in [0.2, 0.25) is 0 Å². The number of aliphatic hydroxyl groups excluding tert-OH is 1. The minimum absolute atomic E-state index is 0.127. The Bertz CT molecular complexity index is 168. The third-order valence-electron chi connectivity index (χ3n) is 2.03. The maximum Gasteiger partial charge on any atom is 0.310 e. The van der Waals surface area contributed by atoms with Gasteiger partial charge >= 0.3 is 5.97 Å². The summed E-state index contributed by atoms with van der Waals surface area (Å²) in [5, 5.41) is 20.5. The molecule has 0 saturated carbocycles. The molecule has 4 nitrogen and oxygen atoms in total. The summed E-state index contributed by atoms with van der Waals surface area (Å²) in [7, 11) is 0. The lowest BCUT2D eigenvalue weighted by Gasteiger charge is -2.22. The van der Waals surface area contributed by atoms with Gasteiger partial charge in [-0.3, -0.25) is 4.79 Å². The van der Waals surface area contributed by atoms with Gasteiger partial charge in [0.1, 0.15) is 0 Å². The van der Waals surface area contributed by atoms with Crippen LogP contribution in [0.5, 0.6) is 0 Å². The van der Waals surface area contributed by atoms with Gasteiger partial charge in [0.2, 0.25) is 0 Å². The van der Waals surface area contributed by atoms with Gasteiger partial charge < -0.3 is 15.5 Å². The number of carbonyl (C=O) groups is 1. The molecule has 3 N–H and O–H groups in total. The summed E-state index contributed by atoms with van der Waals surface area (Å²) in [6.07, 6.45) is 0.649. The summed E-state index contributed by atoms with van der Waals surface area (Å²) in [6, 6.07) is 0.156. The van der Waals surface area contributed by atoms with Gasteiger partial charge in [0.25, 0.3) is 0 Å². The molecule has 0 saturated heterocycles. The van der Waals surface area contributed by atoms with Gasteiger partial charge in [0.15, 0.2) is 0 Å². The molecule has 0 aromatic carbocycles. The van der Waals surface area contributed by atoms with Crippen LogP contribution in [0.25, 0.3) is 0 Å². The second kappa shape index (κ2) is 5.19.